The molecule has 0 heterocycles. The van der Waals surface area contributed by atoms with E-state index >= 15 is 0 Å². The molecule has 13 heavy (non-hydrogen) atoms. The second-order valence-electron chi connectivity index (χ2n) is 3.10. The van der Waals surface area contributed by atoms with Crippen LogP contribution in [0, 0.1) is 13.8 Å². The van der Waals surface area contributed by atoms with E-state index in [-0.39, 0.29) is 5.57 Å². The van der Waals surface area contributed by atoms with Crippen molar-refractivity contribution in [1.29, 1.82) is 0 Å². The Hall–Kier alpha value is -1.57. The molecule has 0 saturated heterocycles. The molecule has 0 aromatic heterocycles. The number of carboxylic acids is 1. The fourth-order valence-electron chi connectivity index (χ4n) is 1.27. The van der Waals surface area contributed by atoms with Gasteiger partial charge in [0, 0.05) is 0 Å². The molecular weight excluding hydrogens is 164 g/mol. The van der Waals surface area contributed by atoms with Gasteiger partial charge in [-0.2, -0.15) is 0 Å². The van der Waals surface area contributed by atoms with Gasteiger partial charge in [0.1, 0.15) is 0 Å². The number of hydrogen-bond donors (Lipinski definition) is 1. The maximum absolute atomic E-state index is 10.6. The fraction of sp³-hybridized carbons (Fsp3) is 0.182. The number of aliphatic carboxylic acids is 1. The molecule has 2 nitrogen and oxygen atoms in total. The van der Waals surface area contributed by atoms with Crippen molar-refractivity contribution in [3.63, 3.8) is 0 Å². The Morgan fingerprint density at radius 1 is 1.38 bits per heavy atom. The Bertz CT molecular complexity index is 364. The molecule has 1 aromatic rings. The lowest BCUT2D eigenvalue weighted by atomic mass is 10.00. The zero-order valence-corrected chi connectivity index (χ0v) is 7.79. The molecule has 0 aliphatic heterocycles. The fourth-order valence-corrected chi connectivity index (χ4v) is 1.27. The summed E-state index contributed by atoms with van der Waals surface area (Å²) in [6.45, 7) is 7.37. The number of carboxylic acid groups (broad SMARTS) is 1. The zero-order chi connectivity index (χ0) is 10.0. The number of rotatable bonds is 2. The molecular formula is C11H12O2. The van der Waals surface area contributed by atoms with Crippen LogP contribution in [0.15, 0.2) is 24.8 Å². The molecule has 0 aliphatic rings. The van der Waals surface area contributed by atoms with Gasteiger partial charge in [-0.15, -0.1) is 0 Å². The van der Waals surface area contributed by atoms with E-state index in [1.165, 1.54) is 0 Å². The zero-order valence-electron chi connectivity index (χ0n) is 7.79. The highest BCUT2D eigenvalue weighted by molar-refractivity contribution is 6.14. The van der Waals surface area contributed by atoms with Gasteiger partial charge in [-0.3, -0.25) is 0 Å². The molecule has 1 aromatic carbocycles. The number of aryl methyl sites for hydroxylation is 2. The summed E-state index contributed by atoms with van der Waals surface area (Å²) in [4.78, 5) is 10.6. The highest BCUT2D eigenvalue weighted by atomic mass is 16.4. The highest BCUT2D eigenvalue weighted by Crippen LogP contribution is 2.18. The van der Waals surface area contributed by atoms with E-state index in [1.807, 2.05) is 26.0 Å². The maximum Gasteiger partial charge on any atom is 0.335 e. The predicted octanol–water partition coefficient (Wildman–Crippen LogP) is 2.40. The Kier molecular flexibility index (Phi) is 2.52. The quantitative estimate of drug-likeness (QED) is 0.702. The van der Waals surface area contributed by atoms with E-state index in [1.54, 1.807) is 6.07 Å². The van der Waals surface area contributed by atoms with E-state index < -0.39 is 5.97 Å². The third kappa shape index (κ3) is 1.96. The van der Waals surface area contributed by atoms with Gasteiger partial charge >= 0.3 is 5.97 Å². The van der Waals surface area contributed by atoms with Crippen LogP contribution in [0.5, 0.6) is 0 Å². The van der Waals surface area contributed by atoms with Gasteiger partial charge < -0.3 is 5.11 Å². The number of hydrogen-bond acceptors (Lipinski definition) is 1. The summed E-state index contributed by atoms with van der Waals surface area (Å²) in [7, 11) is 0. The van der Waals surface area contributed by atoms with Gasteiger partial charge in [0.2, 0.25) is 0 Å². The molecule has 0 bridgehead atoms. The minimum absolute atomic E-state index is 0.150. The van der Waals surface area contributed by atoms with Gasteiger partial charge in [0.15, 0.2) is 0 Å². The summed E-state index contributed by atoms with van der Waals surface area (Å²) >= 11 is 0. The van der Waals surface area contributed by atoms with Crippen LogP contribution < -0.4 is 0 Å². The van der Waals surface area contributed by atoms with Crippen LogP contribution in [0.2, 0.25) is 0 Å². The summed E-state index contributed by atoms with van der Waals surface area (Å²) in [6, 6.07) is 5.63. The summed E-state index contributed by atoms with van der Waals surface area (Å²) in [5.41, 5.74) is 2.93. The molecule has 0 unspecified atom stereocenters. The largest absolute Gasteiger partial charge is 0.478 e. The monoisotopic (exact) mass is 176 g/mol. The molecule has 68 valence electrons. The van der Waals surface area contributed by atoms with E-state index in [2.05, 4.69) is 6.58 Å². The summed E-state index contributed by atoms with van der Waals surface area (Å²) < 4.78 is 0. The number of benzene rings is 1. The molecule has 0 spiro atoms. The van der Waals surface area contributed by atoms with E-state index in [0.717, 1.165) is 11.1 Å². The van der Waals surface area contributed by atoms with E-state index in [9.17, 15) is 4.79 Å². The van der Waals surface area contributed by atoms with Crippen molar-refractivity contribution >= 4 is 11.5 Å². The molecule has 1 N–H and O–H groups in total. The first-order chi connectivity index (χ1) is 6.02. The van der Waals surface area contributed by atoms with E-state index in [4.69, 9.17) is 5.11 Å². The molecule has 0 atom stereocenters. The summed E-state index contributed by atoms with van der Waals surface area (Å²) in [6.07, 6.45) is 0. The average Bonchev–Trinajstić information content (AvgIpc) is 2.03. The minimum atomic E-state index is -0.966. The molecule has 0 radical (unpaired) electrons. The van der Waals surface area contributed by atoms with Crippen LogP contribution >= 0.6 is 0 Å². The van der Waals surface area contributed by atoms with Crippen LogP contribution in [0.1, 0.15) is 16.7 Å². The van der Waals surface area contributed by atoms with Crippen molar-refractivity contribution in [2.24, 2.45) is 0 Å². The van der Waals surface area contributed by atoms with Crippen molar-refractivity contribution < 1.29 is 9.90 Å². The van der Waals surface area contributed by atoms with Gasteiger partial charge in [-0.25, -0.2) is 4.79 Å². The predicted molar refractivity (Wildman–Crippen MR) is 52.6 cm³/mol. The first-order valence-corrected chi connectivity index (χ1v) is 4.02. The lowest BCUT2D eigenvalue weighted by Crippen LogP contribution is -1.99. The lowest BCUT2D eigenvalue weighted by molar-refractivity contribution is -0.130. The molecule has 1 rings (SSSR count). The standard InChI is InChI=1S/C11H12O2/c1-7-4-5-10(8(2)6-7)9(3)11(12)13/h4-6H,3H2,1-2H3,(H,12,13). The molecule has 0 aliphatic carbocycles. The minimum Gasteiger partial charge on any atom is -0.478 e. The van der Waals surface area contributed by atoms with Crippen LogP contribution in [-0.2, 0) is 4.79 Å². The normalized spacial score (nSPS) is 9.69. The molecule has 0 amide bonds. The molecule has 0 saturated carbocycles. The van der Waals surface area contributed by atoms with Gasteiger partial charge in [-0.05, 0) is 25.0 Å². The summed E-state index contributed by atoms with van der Waals surface area (Å²) in [5.74, 6) is -0.966. The smallest absolute Gasteiger partial charge is 0.335 e. The Morgan fingerprint density at radius 2 is 2.00 bits per heavy atom. The Labute approximate surface area is 77.5 Å². The van der Waals surface area contributed by atoms with Crippen molar-refractivity contribution in [2.45, 2.75) is 13.8 Å². The second kappa shape index (κ2) is 3.44. The Balaban J connectivity index is 3.16. The number of carbonyl (C=O) groups is 1. The topological polar surface area (TPSA) is 37.3 Å². The van der Waals surface area contributed by atoms with Gasteiger partial charge in [-0.1, -0.05) is 30.3 Å². The molecule has 2 heteroatoms. The van der Waals surface area contributed by atoms with Crippen LogP contribution in [0.4, 0.5) is 0 Å². The van der Waals surface area contributed by atoms with Crippen molar-refractivity contribution in [3.05, 3.63) is 41.5 Å². The van der Waals surface area contributed by atoms with Crippen LogP contribution in [-0.4, -0.2) is 11.1 Å². The maximum atomic E-state index is 10.6. The van der Waals surface area contributed by atoms with Crippen molar-refractivity contribution in [2.75, 3.05) is 0 Å². The lowest BCUT2D eigenvalue weighted by Gasteiger charge is -2.05. The first-order valence-electron chi connectivity index (χ1n) is 4.02. The van der Waals surface area contributed by atoms with Crippen molar-refractivity contribution in [1.82, 2.24) is 0 Å². The van der Waals surface area contributed by atoms with E-state index in [0.29, 0.717) is 5.56 Å². The van der Waals surface area contributed by atoms with Crippen LogP contribution in [0.25, 0.3) is 5.57 Å². The molecule has 0 fully saturated rings. The van der Waals surface area contributed by atoms with Gasteiger partial charge in [0.25, 0.3) is 0 Å². The average molecular weight is 176 g/mol. The Morgan fingerprint density at radius 3 is 2.46 bits per heavy atom. The highest BCUT2D eigenvalue weighted by Gasteiger charge is 2.09. The third-order valence-electron chi connectivity index (χ3n) is 1.97. The summed E-state index contributed by atoms with van der Waals surface area (Å²) in [5, 5.41) is 8.73. The van der Waals surface area contributed by atoms with Gasteiger partial charge in [0.05, 0.1) is 5.57 Å². The second-order valence-corrected chi connectivity index (χ2v) is 3.10. The van der Waals surface area contributed by atoms with Crippen molar-refractivity contribution in [3.8, 4) is 0 Å². The van der Waals surface area contributed by atoms with Crippen LogP contribution in [0.3, 0.4) is 0 Å². The SMILES string of the molecule is C=C(C(=O)O)c1ccc(C)cc1C. The first kappa shape index (κ1) is 9.52. The third-order valence-corrected chi connectivity index (χ3v) is 1.97.